The van der Waals surface area contributed by atoms with Crippen LogP contribution in [0.2, 0.25) is 0 Å². The summed E-state index contributed by atoms with van der Waals surface area (Å²) < 4.78 is 11.3. The molecule has 1 spiro atoms. The van der Waals surface area contributed by atoms with Crippen molar-refractivity contribution in [3.63, 3.8) is 0 Å². The van der Waals surface area contributed by atoms with Gasteiger partial charge >= 0.3 is 6.03 Å². The van der Waals surface area contributed by atoms with Crippen LogP contribution in [0.25, 0.3) is 0 Å². The van der Waals surface area contributed by atoms with Crippen molar-refractivity contribution in [1.29, 1.82) is 0 Å². The minimum absolute atomic E-state index is 0.0797. The van der Waals surface area contributed by atoms with Gasteiger partial charge in [0.25, 0.3) is 0 Å². The topological polar surface area (TPSA) is 83.6 Å². The zero-order chi connectivity index (χ0) is 27.7. The average Bonchev–Trinajstić information content (AvgIpc) is 3.04. The molecule has 39 heavy (non-hydrogen) atoms. The number of allylic oxidation sites excluding steroid dienone is 1. The van der Waals surface area contributed by atoms with E-state index < -0.39 is 0 Å². The number of para-hydroxylation sites is 2. The maximum Gasteiger partial charge on any atom is 0.325 e. The third-order valence-electron chi connectivity index (χ3n) is 8.34. The third-order valence-corrected chi connectivity index (χ3v) is 8.34. The molecular formula is C31H39N5O3. The van der Waals surface area contributed by atoms with Crippen molar-refractivity contribution in [1.82, 2.24) is 14.7 Å². The largest absolute Gasteiger partial charge is 0.497 e. The number of fused-ring (bicyclic) bond motifs is 3. The molecular weight excluding hydrogens is 490 g/mol. The lowest BCUT2D eigenvalue weighted by molar-refractivity contribution is 0.0974. The lowest BCUT2D eigenvalue weighted by atomic mass is 9.82. The van der Waals surface area contributed by atoms with E-state index in [0.717, 1.165) is 72.1 Å². The number of carbonyl (C=O) groups excluding carboxylic acids is 1. The van der Waals surface area contributed by atoms with Gasteiger partial charge in [0.15, 0.2) is 0 Å². The molecule has 5 rings (SSSR count). The second-order valence-corrected chi connectivity index (χ2v) is 10.6. The standard InChI is InChI=1S/C31H39N5O3/c1-6-36-30(37)35-20-23-16-24(38-4)17-27(39-5)29(23)22(3)15-28(35)31(36)11-13-34(14-12-31)19-21(2)18-33-26-10-8-7-9-25(26)32/h7-10,15-18,22H,2,6,11-14,19-20,32H2,1,3-5H3/b33-18-/t22-/m0/s1. The molecule has 2 fully saturated rings. The number of carbonyl (C=O) groups is 1. The quantitative estimate of drug-likeness (QED) is 0.387. The summed E-state index contributed by atoms with van der Waals surface area (Å²) in [7, 11) is 3.35. The number of likely N-dealkylation sites (tertiary alicyclic amines) is 1. The SMILES string of the molecule is C=C(/C=N\c1ccccc1N)CN1CCC2(CC1)C1=C[C@H](C)c3c(cc(OC)cc3OC)CN1C(=O)N2CC. The molecule has 8 heteroatoms. The number of amides is 2. The van der Waals surface area contributed by atoms with E-state index in [4.69, 9.17) is 15.2 Å². The zero-order valence-corrected chi connectivity index (χ0v) is 23.4. The number of aliphatic imine (C=N–C) groups is 1. The van der Waals surface area contributed by atoms with E-state index in [9.17, 15) is 4.79 Å². The summed E-state index contributed by atoms with van der Waals surface area (Å²) in [5.41, 5.74) is 11.4. The number of nitrogen functional groups attached to an aromatic ring is 1. The Labute approximate surface area is 231 Å². The number of nitrogens with zero attached hydrogens (tertiary/aromatic N) is 4. The van der Waals surface area contributed by atoms with Crippen molar-refractivity contribution in [3.05, 3.63) is 71.5 Å². The number of benzene rings is 2. The van der Waals surface area contributed by atoms with E-state index in [2.05, 4.69) is 41.3 Å². The van der Waals surface area contributed by atoms with Gasteiger partial charge in [-0.15, -0.1) is 0 Å². The molecule has 3 aliphatic heterocycles. The summed E-state index contributed by atoms with van der Waals surface area (Å²) in [6, 6.07) is 11.6. The Hall–Kier alpha value is -3.78. The molecule has 8 nitrogen and oxygen atoms in total. The van der Waals surface area contributed by atoms with Gasteiger partial charge < -0.3 is 20.1 Å². The summed E-state index contributed by atoms with van der Waals surface area (Å²) in [5.74, 6) is 1.64. The van der Waals surface area contributed by atoms with Crippen LogP contribution in [0, 0.1) is 0 Å². The number of nitrogens with two attached hydrogens (primary N) is 1. The molecule has 2 saturated heterocycles. The number of ether oxygens (including phenoxy) is 2. The number of hydrogen-bond acceptors (Lipinski definition) is 6. The van der Waals surface area contributed by atoms with Crippen LogP contribution in [0.5, 0.6) is 11.5 Å². The van der Waals surface area contributed by atoms with Crippen LogP contribution >= 0.6 is 0 Å². The van der Waals surface area contributed by atoms with Crippen LogP contribution in [0.15, 0.2) is 65.3 Å². The molecule has 0 saturated carbocycles. The van der Waals surface area contributed by atoms with Gasteiger partial charge in [-0.25, -0.2) is 4.79 Å². The predicted molar refractivity (Wildman–Crippen MR) is 156 cm³/mol. The Bertz CT molecular complexity index is 1330. The van der Waals surface area contributed by atoms with Gasteiger partial charge in [-0.2, -0.15) is 0 Å². The Morgan fingerprint density at radius 2 is 1.95 bits per heavy atom. The first-order chi connectivity index (χ1) is 18.8. The van der Waals surface area contributed by atoms with Crippen LogP contribution in [0.4, 0.5) is 16.2 Å². The fourth-order valence-electron chi connectivity index (χ4n) is 6.44. The zero-order valence-electron chi connectivity index (χ0n) is 23.4. The van der Waals surface area contributed by atoms with Crippen molar-refractivity contribution in [2.45, 2.75) is 44.7 Å². The second kappa shape index (κ2) is 10.8. The minimum atomic E-state index is -0.316. The number of urea groups is 1. The van der Waals surface area contributed by atoms with Gasteiger partial charge in [0.2, 0.25) is 0 Å². The van der Waals surface area contributed by atoms with E-state index in [1.165, 1.54) is 0 Å². The third kappa shape index (κ3) is 4.78. The minimum Gasteiger partial charge on any atom is -0.497 e. The van der Waals surface area contributed by atoms with Crippen molar-refractivity contribution < 1.29 is 14.3 Å². The summed E-state index contributed by atoms with van der Waals surface area (Å²) in [6.45, 7) is 12.1. The molecule has 0 bridgehead atoms. The van der Waals surface area contributed by atoms with Crippen LogP contribution < -0.4 is 15.2 Å². The first kappa shape index (κ1) is 26.8. The molecule has 0 radical (unpaired) electrons. The molecule has 2 aromatic rings. The lowest BCUT2D eigenvalue weighted by Crippen LogP contribution is -2.53. The summed E-state index contributed by atoms with van der Waals surface area (Å²) >= 11 is 0. The smallest absolute Gasteiger partial charge is 0.325 e. The highest BCUT2D eigenvalue weighted by atomic mass is 16.5. The molecule has 0 aromatic heterocycles. The number of piperidine rings is 1. The highest BCUT2D eigenvalue weighted by Crippen LogP contribution is 2.49. The fourth-order valence-corrected chi connectivity index (χ4v) is 6.44. The van der Waals surface area contributed by atoms with Gasteiger partial charge in [0.1, 0.15) is 11.5 Å². The van der Waals surface area contributed by atoms with Gasteiger partial charge in [0.05, 0.1) is 37.7 Å². The Morgan fingerprint density at radius 3 is 2.62 bits per heavy atom. The van der Waals surface area contributed by atoms with Gasteiger partial charge in [-0.05, 0) is 49.1 Å². The van der Waals surface area contributed by atoms with E-state index in [1.807, 2.05) is 47.5 Å². The van der Waals surface area contributed by atoms with Crippen LogP contribution in [0.1, 0.15) is 43.7 Å². The van der Waals surface area contributed by atoms with Crippen LogP contribution in [-0.2, 0) is 6.54 Å². The lowest BCUT2D eigenvalue weighted by Gasteiger charge is -2.44. The molecule has 2 aromatic carbocycles. The Balaban J connectivity index is 1.36. The van der Waals surface area contributed by atoms with Crippen molar-refractivity contribution in [2.75, 3.05) is 46.1 Å². The van der Waals surface area contributed by atoms with Gasteiger partial charge in [-0.3, -0.25) is 14.8 Å². The molecule has 2 N–H and O–H groups in total. The van der Waals surface area contributed by atoms with Gasteiger partial charge in [-0.1, -0.05) is 31.7 Å². The number of anilines is 1. The molecule has 1 atom stereocenters. The fraction of sp³-hybridized carbons (Fsp3) is 0.419. The van der Waals surface area contributed by atoms with E-state index in [1.54, 1.807) is 14.2 Å². The molecule has 2 amide bonds. The monoisotopic (exact) mass is 529 g/mol. The molecule has 3 aliphatic rings. The average molecular weight is 530 g/mol. The maximum atomic E-state index is 13.8. The molecule has 0 unspecified atom stereocenters. The van der Waals surface area contributed by atoms with Crippen molar-refractivity contribution in [3.8, 4) is 11.5 Å². The second-order valence-electron chi connectivity index (χ2n) is 10.6. The summed E-state index contributed by atoms with van der Waals surface area (Å²) in [5, 5.41) is 0. The Kier molecular flexibility index (Phi) is 7.40. The normalized spacial score (nSPS) is 20.6. The van der Waals surface area contributed by atoms with Crippen LogP contribution in [-0.4, -0.2) is 72.9 Å². The highest BCUT2D eigenvalue weighted by Gasteiger charge is 2.54. The van der Waals surface area contributed by atoms with Crippen molar-refractivity contribution >= 4 is 23.6 Å². The van der Waals surface area contributed by atoms with E-state index in [-0.39, 0.29) is 17.5 Å². The number of likely N-dealkylation sites (N-methyl/N-ethyl adjacent to an activating group) is 1. The number of hydrogen-bond donors (Lipinski definition) is 1. The first-order valence-electron chi connectivity index (χ1n) is 13.7. The highest BCUT2D eigenvalue weighted by molar-refractivity contribution is 5.84. The predicted octanol–water partition coefficient (Wildman–Crippen LogP) is 5.34. The first-order valence-corrected chi connectivity index (χ1v) is 13.7. The number of methoxy groups -OCH3 is 2. The molecule has 206 valence electrons. The van der Waals surface area contributed by atoms with E-state index >= 15 is 0 Å². The maximum absolute atomic E-state index is 13.8. The molecule has 0 aliphatic carbocycles. The summed E-state index contributed by atoms with van der Waals surface area (Å²) in [4.78, 5) is 24.8. The van der Waals surface area contributed by atoms with Crippen molar-refractivity contribution in [2.24, 2.45) is 4.99 Å². The molecule has 3 heterocycles. The summed E-state index contributed by atoms with van der Waals surface area (Å²) in [6.07, 6.45) is 5.84. The Morgan fingerprint density at radius 1 is 1.21 bits per heavy atom. The van der Waals surface area contributed by atoms with E-state index in [0.29, 0.717) is 18.8 Å². The number of rotatable bonds is 7. The van der Waals surface area contributed by atoms with Crippen LogP contribution in [0.3, 0.4) is 0 Å². The van der Waals surface area contributed by atoms with Gasteiger partial charge in [0, 0.05) is 55.6 Å².